The van der Waals surface area contributed by atoms with Gasteiger partial charge in [0.1, 0.15) is 11.6 Å². The van der Waals surface area contributed by atoms with Gasteiger partial charge in [-0.2, -0.15) is 0 Å². The van der Waals surface area contributed by atoms with E-state index in [0.717, 1.165) is 43.1 Å². The smallest absolute Gasteiger partial charge is 0.127 e. The standard InChI is InChI=1S/C14H18FNO/c15-13-4-10(5-14(17)6-13)7-16-8-11-2-1-3-12(11)9-16/h4-6,11-12,17H,1-3,7-9H2. The Morgan fingerprint density at radius 1 is 1.18 bits per heavy atom. The zero-order valence-electron chi connectivity index (χ0n) is 9.90. The molecular formula is C14H18FNO. The van der Waals surface area contributed by atoms with Crippen molar-refractivity contribution in [1.82, 2.24) is 4.90 Å². The lowest BCUT2D eigenvalue weighted by Crippen LogP contribution is -2.21. The molecule has 1 N–H and O–H groups in total. The Balaban J connectivity index is 1.67. The van der Waals surface area contributed by atoms with Crippen molar-refractivity contribution in [3.05, 3.63) is 29.6 Å². The van der Waals surface area contributed by atoms with E-state index >= 15 is 0 Å². The normalized spacial score (nSPS) is 28.5. The van der Waals surface area contributed by atoms with Crippen LogP contribution in [0.5, 0.6) is 5.75 Å². The van der Waals surface area contributed by atoms with Crippen LogP contribution >= 0.6 is 0 Å². The summed E-state index contributed by atoms with van der Waals surface area (Å²) < 4.78 is 13.2. The topological polar surface area (TPSA) is 23.5 Å². The van der Waals surface area contributed by atoms with Crippen molar-refractivity contribution in [3.63, 3.8) is 0 Å². The molecule has 2 nitrogen and oxygen atoms in total. The summed E-state index contributed by atoms with van der Waals surface area (Å²) in [6.07, 6.45) is 4.09. The molecule has 0 amide bonds. The summed E-state index contributed by atoms with van der Waals surface area (Å²) in [7, 11) is 0. The number of hydrogen-bond donors (Lipinski definition) is 1. The van der Waals surface area contributed by atoms with Crippen molar-refractivity contribution >= 4 is 0 Å². The molecular weight excluding hydrogens is 217 g/mol. The minimum atomic E-state index is -0.348. The molecule has 3 rings (SSSR count). The molecule has 17 heavy (non-hydrogen) atoms. The number of benzene rings is 1. The van der Waals surface area contributed by atoms with Crippen LogP contribution in [0.25, 0.3) is 0 Å². The molecule has 2 atom stereocenters. The summed E-state index contributed by atoms with van der Waals surface area (Å²) in [5.74, 6) is 1.40. The van der Waals surface area contributed by atoms with E-state index in [2.05, 4.69) is 4.90 Å². The highest BCUT2D eigenvalue weighted by Gasteiger charge is 2.35. The van der Waals surface area contributed by atoms with Gasteiger partial charge in [0.2, 0.25) is 0 Å². The predicted molar refractivity (Wildman–Crippen MR) is 64.2 cm³/mol. The molecule has 2 unspecified atom stereocenters. The summed E-state index contributed by atoms with van der Waals surface area (Å²) in [5, 5.41) is 9.37. The molecule has 1 aromatic rings. The number of aromatic hydroxyl groups is 1. The molecule has 2 fully saturated rings. The van der Waals surface area contributed by atoms with Crippen LogP contribution in [0.2, 0.25) is 0 Å². The van der Waals surface area contributed by atoms with Crippen molar-refractivity contribution in [2.45, 2.75) is 25.8 Å². The second-order valence-corrected chi connectivity index (χ2v) is 5.46. The van der Waals surface area contributed by atoms with E-state index in [4.69, 9.17) is 0 Å². The third kappa shape index (κ3) is 2.29. The molecule has 1 saturated heterocycles. The maximum atomic E-state index is 13.2. The molecule has 1 saturated carbocycles. The van der Waals surface area contributed by atoms with Gasteiger partial charge in [0.25, 0.3) is 0 Å². The lowest BCUT2D eigenvalue weighted by molar-refractivity contribution is 0.302. The van der Waals surface area contributed by atoms with Gasteiger partial charge >= 0.3 is 0 Å². The SMILES string of the molecule is Oc1cc(F)cc(CN2CC3CCCC3C2)c1. The fraction of sp³-hybridized carbons (Fsp3) is 0.571. The Bertz CT molecular complexity index is 388. The molecule has 1 heterocycles. The first kappa shape index (κ1) is 11.0. The lowest BCUT2D eigenvalue weighted by Gasteiger charge is -2.16. The lowest BCUT2D eigenvalue weighted by atomic mass is 10.0. The number of halogens is 1. The number of hydrogen-bond acceptors (Lipinski definition) is 2. The van der Waals surface area contributed by atoms with Gasteiger partial charge in [-0.3, -0.25) is 4.90 Å². The third-order valence-corrected chi connectivity index (χ3v) is 4.15. The van der Waals surface area contributed by atoms with Gasteiger partial charge in [-0.1, -0.05) is 6.42 Å². The first-order valence-electron chi connectivity index (χ1n) is 6.41. The highest BCUT2D eigenvalue weighted by molar-refractivity contribution is 5.28. The summed E-state index contributed by atoms with van der Waals surface area (Å²) in [4.78, 5) is 2.39. The maximum Gasteiger partial charge on any atom is 0.127 e. The second-order valence-electron chi connectivity index (χ2n) is 5.46. The summed E-state index contributed by atoms with van der Waals surface area (Å²) in [6.45, 7) is 3.04. The zero-order valence-corrected chi connectivity index (χ0v) is 9.90. The highest BCUT2D eigenvalue weighted by atomic mass is 19.1. The molecule has 0 spiro atoms. The highest BCUT2D eigenvalue weighted by Crippen LogP contribution is 2.38. The number of phenolic OH excluding ortho intramolecular Hbond substituents is 1. The molecule has 1 aliphatic heterocycles. The van der Waals surface area contributed by atoms with Crippen molar-refractivity contribution in [2.24, 2.45) is 11.8 Å². The third-order valence-electron chi connectivity index (χ3n) is 4.15. The fourth-order valence-electron chi connectivity index (χ4n) is 3.44. The monoisotopic (exact) mass is 235 g/mol. The molecule has 1 aliphatic carbocycles. The van der Waals surface area contributed by atoms with E-state index in [1.54, 1.807) is 6.07 Å². The summed E-state index contributed by atoms with van der Waals surface area (Å²) >= 11 is 0. The molecule has 92 valence electrons. The molecule has 0 aromatic heterocycles. The summed E-state index contributed by atoms with van der Waals surface area (Å²) in [6, 6.07) is 4.34. The average molecular weight is 235 g/mol. The van der Waals surface area contributed by atoms with Crippen LogP contribution in [0.4, 0.5) is 4.39 Å². The minimum absolute atomic E-state index is 0.0272. The van der Waals surface area contributed by atoms with Gasteiger partial charge in [0, 0.05) is 25.7 Å². The van der Waals surface area contributed by atoms with Crippen LogP contribution < -0.4 is 0 Å². The number of rotatable bonds is 2. The van der Waals surface area contributed by atoms with Crippen molar-refractivity contribution in [3.8, 4) is 5.75 Å². The Labute approximate surface area is 101 Å². The largest absolute Gasteiger partial charge is 0.508 e. The number of fused-ring (bicyclic) bond motifs is 1. The van der Waals surface area contributed by atoms with Crippen LogP contribution in [-0.2, 0) is 6.54 Å². The van der Waals surface area contributed by atoms with Crippen molar-refractivity contribution in [2.75, 3.05) is 13.1 Å². The average Bonchev–Trinajstić information content (AvgIpc) is 2.75. The van der Waals surface area contributed by atoms with Crippen LogP contribution in [0.15, 0.2) is 18.2 Å². The molecule has 2 aliphatic rings. The van der Waals surface area contributed by atoms with E-state index in [1.807, 2.05) is 0 Å². The molecule has 3 heteroatoms. The van der Waals surface area contributed by atoms with Gasteiger partial charge in [0.15, 0.2) is 0 Å². The van der Waals surface area contributed by atoms with Crippen LogP contribution in [0.3, 0.4) is 0 Å². The Morgan fingerprint density at radius 2 is 1.88 bits per heavy atom. The Hall–Kier alpha value is -1.09. The molecule has 1 aromatic carbocycles. The van der Waals surface area contributed by atoms with Gasteiger partial charge in [-0.15, -0.1) is 0 Å². The predicted octanol–water partition coefficient (Wildman–Crippen LogP) is 2.76. The van der Waals surface area contributed by atoms with E-state index in [9.17, 15) is 9.50 Å². The second kappa shape index (κ2) is 4.30. The van der Waals surface area contributed by atoms with Crippen LogP contribution in [0, 0.1) is 17.7 Å². The van der Waals surface area contributed by atoms with Crippen LogP contribution in [-0.4, -0.2) is 23.1 Å². The van der Waals surface area contributed by atoms with Crippen molar-refractivity contribution in [1.29, 1.82) is 0 Å². The van der Waals surface area contributed by atoms with Gasteiger partial charge < -0.3 is 5.11 Å². The van der Waals surface area contributed by atoms with Gasteiger partial charge in [0.05, 0.1) is 0 Å². The van der Waals surface area contributed by atoms with Crippen molar-refractivity contribution < 1.29 is 9.50 Å². The van der Waals surface area contributed by atoms with E-state index < -0.39 is 0 Å². The first-order chi connectivity index (χ1) is 8.20. The first-order valence-corrected chi connectivity index (χ1v) is 6.41. The van der Waals surface area contributed by atoms with Gasteiger partial charge in [-0.25, -0.2) is 4.39 Å². The maximum absolute atomic E-state index is 13.2. The summed E-state index contributed by atoms with van der Waals surface area (Å²) in [5.41, 5.74) is 0.877. The molecule has 0 radical (unpaired) electrons. The Morgan fingerprint density at radius 3 is 2.53 bits per heavy atom. The number of likely N-dealkylation sites (tertiary alicyclic amines) is 1. The quantitative estimate of drug-likeness (QED) is 0.852. The van der Waals surface area contributed by atoms with E-state index in [0.29, 0.717) is 0 Å². The van der Waals surface area contributed by atoms with E-state index in [-0.39, 0.29) is 11.6 Å². The minimum Gasteiger partial charge on any atom is -0.508 e. The number of nitrogens with zero attached hydrogens (tertiary/aromatic N) is 1. The van der Waals surface area contributed by atoms with E-state index in [1.165, 1.54) is 25.3 Å². The number of phenols is 1. The van der Waals surface area contributed by atoms with Crippen LogP contribution in [0.1, 0.15) is 24.8 Å². The fourth-order valence-corrected chi connectivity index (χ4v) is 3.44. The Kier molecular flexibility index (Phi) is 2.79. The zero-order chi connectivity index (χ0) is 11.8. The van der Waals surface area contributed by atoms with Gasteiger partial charge in [-0.05, 0) is 42.4 Å². The molecule has 0 bridgehead atoms.